The van der Waals surface area contributed by atoms with Gasteiger partial charge in [-0.3, -0.25) is 9.78 Å². The second-order valence-electron chi connectivity index (χ2n) is 4.69. The summed E-state index contributed by atoms with van der Waals surface area (Å²) in [6.45, 7) is 2.70. The minimum atomic E-state index is -0.0838. The van der Waals surface area contributed by atoms with Crippen LogP contribution in [0.2, 0.25) is 0 Å². The van der Waals surface area contributed by atoms with Crippen molar-refractivity contribution >= 4 is 11.6 Å². The quantitative estimate of drug-likeness (QED) is 0.877. The molecule has 2 aromatic rings. The topological polar surface area (TPSA) is 54.0 Å². The second kappa shape index (κ2) is 6.70. The van der Waals surface area contributed by atoms with Crippen molar-refractivity contribution in [1.29, 1.82) is 0 Å². The Bertz CT molecular complexity index is 569. The Morgan fingerprint density at radius 3 is 2.70 bits per heavy atom. The van der Waals surface area contributed by atoms with Gasteiger partial charge in [0.05, 0.1) is 17.4 Å². The predicted octanol–water partition coefficient (Wildman–Crippen LogP) is 2.66. The Morgan fingerprint density at radius 1 is 1.25 bits per heavy atom. The summed E-state index contributed by atoms with van der Waals surface area (Å²) in [6, 6.07) is 11.9. The molecule has 0 aliphatic heterocycles. The second-order valence-corrected chi connectivity index (χ2v) is 4.69. The summed E-state index contributed by atoms with van der Waals surface area (Å²) in [5, 5.41) is 5.94. The van der Waals surface area contributed by atoms with Gasteiger partial charge in [0.25, 0.3) is 5.91 Å². The number of amides is 1. The van der Waals surface area contributed by atoms with Crippen molar-refractivity contribution in [1.82, 2.24) is 10.3 Å². The molecule has 4 heteroatoms. The van der Waals surface area contributed by atoms with Crippen LogP contribution in [0.25, 0.3) is 0 Å². The Balaban J connectivity index is 1.99. The third-order valence-electron chi connectivity index (χ3n) is 3.27. The fourth-order valence-electron chi connectivity index (χ4n) is 2.03. The highest BCUT2D eigenvalue weighted by atomic mass is 16.1. The molecule has 1 aromatic heterocycles. The summed E-state index contributed by atoms with van der Waals surface area (Å²) in [4.78, 5) is 16.2. The van der Waals surface area contributed by atoms with Crippen molar-refractivity contribution in [2.24, 2.45) is 0 Å². The van der Waals surface area contributed by atoms with E-state index in [9.17, 15) is 4.79 Å². The molecule has 4 nitrogen and oxygen atoms in total. The van der Waals surface area contributed by atoms with Gasteiger partial charge in [-0.05, 0) is 17.5 Å². The van der Waals surface area contributed by atoms with Crippen LogP contribution in [0, 0.1) is 0 Å². The molecule has 0 spiro atoms. The maximum Gasteiger partial charge on any atom is 0.253 e. The Labute approximate surface area is 119 Å². The van der Waals surface area contributed by atoms with Gasteiger partial charge in [-0.15, -0.1) is 0 Å². The lowest BCUT2D eigenvalue weighted by atomic mass is 10.0. The molecule has 0 saturated carbocycles. The van der Waals surface area contributed by atoms with Crippen LogP contribution in [-0.2, 0) is 0 Å². The highest BCUT2D eigenvalue weighted by molar-refractivity contribution is 5.99. The molecule has 104 valence electrons. The summed E-state index contributed by atoms with van der Waals surface area (Å²) < 4.78 is 0. The van der Waals surface area contributed by atoms with E-state index in [2.05, 4.69) is 34.7 Å². The SMILES string of the molecule is CNc1cnccc1C(=O)NCC(C)c1ccccc1. The lowest BCUT2D eigenvalue weighted by molar-refractivity contribution is 0.0952. The van der Waals surface area contributed by atoms with Crippen LogP contribution in [0.5, 0.6) is 0 Å². The van der Waals surface area contributed by atoms with Gasteiger partial charge in [0, 0.05) is 19.8 Å². The van der Waals surface area contributed by atoms with Crippen LogP contribution >= 0.6 is 0 Å². The van der Waals surface area contributed by atoms with E-state index in [4.69, 9.17) is 0 Å². The number of carbonyl (C=O) groups is 1. The average Bonchev–Trinajstić information content (AvgIpc) is 2.53. The minimum Gasteiger partial charge on any atom is -0.386 e. The Kier molecular flexibility index (Phi) is 4.71. The van der Waals surface area contributed by atoms with E-state index in [1.807, 2.05) is 18.2 Å². The molecule has 1 amide bonds. The van der Waals surface area contributed by atoms with Gasteiger partial charge in [-0.25, -0.2) is 0 Å². The van der Waals surface area contributed by atoms with Crippen LogP contribution in [0.1, 0.15) is 28.8 Å². The van der Waals surface area contributed by atoms with Gasteiger partial charge in [0.2, 0.25) is 0 Å². The molecule has 0 fully saturated rings. The third kappa shape index (κ3) is 3.35. The van der Waals surface area contributed by atoms with Gasteiger partial charge < -0.3 is 10.6 Å². The highest BCUT2D eigenvalue weighted by Gasteiger charge is 2.12. The summed E-state index contributed by atoms with van der Waals surface area (Å²) in [5.41, 5.74) is 2.57. The number of anilines is 1. The van der Waals surface area contributed by atoms with Gasteiger partial charge in [0.15, 0.2) is 0 Å². The zero-order valence-corrected chi connectivity index (χ0v) is 11.8. The molecule has 1 unspecified atom stereocenters. The van der Waals surface area contributed by atoms with E-state index < -0.39 is 0 Å². The monoisotopic (exact) mass is 269 g/mol. The van der Waals surface area contributed by atoms with Crippen molar-refractivity contribution < 1.29 is 4.79 Å². The summed E-state index contributed by atoms with van der Waals surface area (Å²) in [5.74, 6) is 0.194. The fraction of sp³-hybridized carbons (Fsp3) is 0.250. The molecular formula is C16H19N3O. The molecule has 0 radical (unpaired) electrons. The molecule has 1 atom stereocenters. The Hall–Kier alpha value is -2.36. The standard InChI is InChI=1S/C16H19N3O/c1-12(13-6-4-3-5-7-13)10-19-16(20)14-8-9-18-11-15(14)17-2/h3-9,11-12,17H,10H2,1-2H3,(H,19,20). The number of aromatic nitrogens is 1. The number of hydrogen-bond donors (Lipinski definition) is 2. The molecule has 2 N–H and O–H groups in total. The Morgan fingerprint density at radius 2 is 2.00 bits per heavy atom. The van der Waals surface area contributed by atoms with Crippen LogP contribution < -0.4 is 10.6 Å². The summed E-state index contributed by atoms with van der Waals surface area (Å²) in [6.07, 6.45) is 3.27. The first-order valence-electron chi connectivity index (χ1n) is 6.67. The van der Waals surface area contributed by atoms with Crippen molar-refractivity contribution in [2.75, 3.05) is 18.9 Å². The lowest BCUT2D eigenvalue weighted by Crippen LogP contribution is -2.28. The van der Waals surface area contributed by atoms with Crippen molar-refractivity contribution in [3.63, 3.8) is 0 Å². The van der Waals surface area contributed by atoms with Crippen LogP contribution in [-0.4, -0.2) is 24.5 Å². The number of rotatable bonds is 5. The molecule has 2 rings (SSSR count). The van der Waals surface area contributed by atoms with Crippen LogP contribution in [0.15, 0.2) is 48.8 Å². The van der Waals surface area contributed by atoms with Gasteiger partial charge in [-0.2, -0.15) is 0 Å². The fourth-order valence-corrected chi connectivity index (χ4v) is 2.03. The zero-order valence-electron chi connectivity index (χ0n) is 11.8. The van der Waals surface area contributed by atoms with E-state index in [0.717, 1.165) is 5.69 Å². The van der Waals surface area contributed by atoms with Crippen molar-refractivity contribution in [3.8, 4) is 0 Å². The lowest BCUT2D eigenvalue weighted by Gasteiger charge is -2.14. The largest absolute Gasteiger partial charge is 0.386 e. The number of nitrogens with one attached hydrogen (secondary N) is 2. The molecular weight excluding hydrogens is 250 g/mol. The third-order valence-corrected chi connectivity index (χ3v) is 3.27. The minimum absolute atomic E-state index is 0.0838. The number of carbonyl (C=O) groups excluding carboxylic acids is 1. The molecule has 0 bridgehead atoms. The van der Waals surface area contributed by atoms with Crippen molar-refractivity contribution in [2.45, 2.75) is 12.8 Å². The normalized spacial score (nSPS) is 11.7. The first-order valence-corrected chi connectivity index (χ1v) is 6.67. The molecule has 1 heterocycles. The van der Waals surface area contributed by atoms with Crippen molar-refractivity contribution in [3.05, 3.63) is 59.9 Å². The van der Waals surface area contributed by atoms with E-state index in [-0.39, 0.29) is 11.8 Å². The average molecular weight is 269 g/mol. The maximum absolute atomic E-state index is 12.2. The molecule has 0 saturated heterocycles. The molecule has 20 heavy (non-hydrogen) atoms. The number of benzene rings is 1. The van der Waals surface area contributed by atoms with E-state index >= 15 is 0 Å². The smallest absolute Gasteiger partial charge is 0.253 e. The summed E-state index contributed by atoms with van der Waals surface area (Å²) in [7, 11) is 1.78. The summed E-state index contributed by atoms with van der Waals surface area (Å²) >= 11 is 0. The zero-order chi connectivity index (χ0) is 14.4. The predicted molar refractivity (Wildman–Crippen MR) is 81.0 cm³/mol. The van der Waals surface area contributed by atoms with E-state index in [0.29, 0.717) is 12.1 Å². The highest BCUT2D eigenvalue weighted by Crippen LogP contribution is 2.15. The first kappa shape index (κ1) is 14.1. The van der Waals surface area contributed by atoms with Gasteiger partial charge in [-0.1, -0.05) is 37.3 Å². The molecule has 1 aromatic carbocycles. The van der Waals surface area contributed by atoms with Crippen LogP contribution in [0.3, 0.4) is 0 Å². The van der Waals surface area contributed by atoms with Gasteiger partial charge in [0.1, 0.15) is 0 Å². The maximum atomic E-state index is 12.2. The van der Waals surface area contributed by atoms with E-state index in [1.165, 1.54) is 5.56 Å². The number of nitrogens with zero attached hydrogens (tertiary/aromatic N) is 1. The molecule has 0 aliphatic carbocycles. The van der Waals surface area contributed by atoms with E-state index in [1.54, 1.807) is 25.5 Å². The number of hydrogen-bond acceptors (Lipinski definition) is 3. The van der Waals surface area contributed by atoms with Crippen LogP contribution in [0.4, 0.5) is 5.69 Å². The van der Waals surface area contributed by atoms with Gasteiger partial charge >= 0.3 is 0 Å². The molecule has 0 aliphatic rings. The number of pyridine rings is 1. The first-order chi connectivity index (χ1) is 9.72.